The Balaban J connectivity index is 2.09. The maximum absolute atomic E-state index is 5.65. The molecule has 1 aromatic rings. The quantitative estimate of drug-likeness (QED) is 0.841. The van der Waals surface area contributed by atoms with Crippen molar-refractivity contribution in [3.8, 4) is 0 Å². The second kappa shape index (κ2) is 5.46. The fourth-order valence-electron chi connectivity index (χ4n) is 2.76. The van der Waals surface area contributed by atoms with Gasteiger partial charge in [-0.2, -0.15) is 0 Å². The number of nitrogens with zero attached hydrogens (tertiary/aromatic N) is 1. The summed E-state index contributed by atoms with van der Waals surface area (Å²) in [6.07, 6.45) is 3.71. The van der Waals surface area contributed by atoms with Crippen LogP contribution in [0.4, 0.5) is 0 Å². The Morgan fingerprint density at radius 1 is 1.38 bits per heavy atom. The average molecular weight is 218 g/mol. The molecule has 0 bridgehead atoms. The molecule has 0 aromatic heterocycles. The first kappa shape index (κ1) is 11.6. The highest BCUT2D eigenvalue weighted by molar-refractivity contribution is 5.20. The van der Waals surface area contributed by atoms with E-state index < -0.39 is 0 Å². The van der Waals surface area contributed by atoms with Crippen LogP contribution in [0, 0.1) is 0 Å². The molecule has 2 atom stereocenters. The van der Waals surface area contributed by atoms with Crippen molar-refractivity contribution in [2.45, 2.75) is 38.3 Å². The summed E-state index contributed by atoms with van der Waals surface area (Å²) in [7, 11) is 0. The molecule has 0 aliphatic carbocycles. The summed E-state index contributed by atoms with van der Waals surface area (Å²) in [5, 5.41) is 0. The van der Waals surface area contributed by atoms with Crippen LogP contribution in [-0.4, -0.2) is 24.0 Å². The van der Waals surface area contributed by atoms with Gasteiger partial charge in [0.25, 0.3) is 0 Å². The molecule has 16 heavy (non-hydrogen) atoms. The van der Waals surface area contributed by atoms with Gasteiger partial charge in [0.05, 0.1) is 0 Å². The Morgan fingerprint density at radius 3 is 2.81 bits per heavy atom. The minimum Gasteiger partial charge on any atom is -0.330 e. The lowest BCUT2D eigenvalue weighted by Crippen LogP contribution is -2.34. The van der Waals surface area contributed by atoms with E-state index in [9.17, 15) is 0 Å². The molecule has 0 amide bonds. The van der Waals surface area contributed by atoms with E-state index in [0.717, 1.165) is 13.0 Å². The number of hydrogen-bond acceptors (Lipinski definition) is 2. The number of benzene rings is 1. The normalized spacial score (nSPS) is 23.5. The summed E-state index contributed by atoms with van der Waals surface area (Å²) in [6, 6.07) is 12.1. The molecule has 1 aliphatic rings. The van der Waals surface area contributed by atoms with Gasteiger partial charge in [0.1, 0.15) is 0 Å². The van der Waals surface area contributed by atoms with Crippen LogP contribution in [0.2, 0.25) is 0 Å². The maximum Gasteiger partial charge on any atom is 0.0351 e. The first-order valence-corrected chi connectivity index (χ1v) is 6.33. The van der Waals surface area contributed by atoms with Crippen molar-refractivity contribution < 1.29 is 0 Å². The third-order valence-corrected chi connectivity index (χ3v) is 3.63. The highest BCUT2D eigenvalue weighted by Crippen LogP contribution is 2.33. The largest absolute Gasteiger partial charge is 0.330 e. The molecule has 0 radical (unpaired) electrons. The Hall–Kier alpha value is -0.860. The van der Waals surface area contributed by atoms with E-state index in [1.54, 1.807) is 0 Å². The molecule has 2 nitrogen and oxygen atoms in total. The predicted octanol–water partition coefficient (Wildman–Crippen LogP) is 2.56. The van der Waals surface area contributed by atoms with Gasteiger partial charge in [-0.1, -0.05) is 30.3 Å². The zero-order valence-electron chi connectivity index (χ0n) is 10.1. The van der Waals surface area contributed by atoms with Gasteiger partial charge in [-0.25, -0.2) is 0 Å². The summed E-state index contributed by atoms with van der Waals surface area (Å²) in [6.45, 7) is 4.31. The zero-order valence-corrected chi connectivity index (χ0v) is 10.1. The average Bonchev–Trinajstić information content (AvgIpc) is 2.79. The lowest BCUT2D eigenvalue weighted by Gasteiger charge is -2.30. The molecule has 1 fully saturated rings. The Morgan fingerprint density at radius 2 is 2.12 bits per heavy atom. The number of likely N-dealkylation sites (tertiary alicyclic amines) is 1. The minimum atomic E-state index is 0.609. The Labute approximate surface area is 98.4 Å². The van der Waals surface area contributed by atoms with Gasteiger partial charge >= 0.3 is 0 Å². The first-order chi connectivity index (χ1) is 7.83. The smallest absolute Gasteiger partial charge is 0.0351 e. The number of nitrogens with two attached hydrogens (primary N) is 1. The third-order valence-electron chi connectivity index (χ3n) is 3.63. The molecule has 1 heterocycles. The van der Waals surface area contributed by atoms with Gasteiger partial charge in [0.2, 0.25) is 0 Å². The number of hydrogen-bond donors (Lipinski definition) is 1. The molecular weight excluding hydrogens is 196 g/mol. The minimum absolute atomic E-state index is 0.609. The third kappa shape index (κ3) is 2.45. The van der Waals surface area contributed by atoms with Crippen LogP contribution in [0.15, 0.2) is 30.3 Å². The Kier molecular flexibility index (Phi) is 3.97. The van der Waals surface area contributed by atoms with Crippen LogP contribution in [0.5, 0.6) is 0 Å². The van der Waals surface area contributed by atoms with Gasteiger partial charge in [-0.15, -0.1) is 0 Å². The van der Waals surface area contributed by atoms with E-state index in [1.165, 1.54) is 24.9 Å². The molecular formula is C14H22N2. The first-order valence-electron chi connectivity index (χ1n) is 6.33. The van der Waals surface area contributed by atoms with E-state index in [2.05, 4.69) is 42.2 Å². The molecule has 1 aliphatic heterocycles. The molecule has 2 heteroatoms. The van der Waals surface area contributed by atoms with Crippen LogP contribution < -0.4 is 5.73 Å². The number of rotatable bonds is 4. The summed E-state index contributed by atoms with van der Waals surface area (Å²) in [5.41, 5.74) is 7.12. The fourth-order valence-corrected chi connectivity index (χ4v) is 2.76. The molecule has 1 aromatic carbocycles. The summed E-state index contributed by atoms with van der Waals surface area (Å²) < 4.78 is 0. The fraction of sp³-hybridized carbons (Fsp3) is 0.571. The van der Waals surface area contributed by atoms with Gasteiger partial charge in [0, 0.05) is 12.1 Å². The lowest BCUT2D eigenvalue weighted by molar-refractivity contribution is 0.186. The van der Waals surface area contributed by atoms with E-state index in [1.807, 2.05) is 0 Å². The van der Waals surface area contributed by atoms with Gasteiger partial charge in [-0.05, 0) is 44.8 Å². The SMILES string of the molecule is CC(CCN)N1CCCC1c1ccccc1. The van der Waals surface area contributed by atoms with Crippen LogP contribution in [-0.2, 0) is 0 Å². The maximum atomic E-state index is 5.65. The molecule has 0 saturated carbocycles. The molecule has 2 rings (SSSR count). The lowest BCUT2D eigenvalue weighted by atomic mass is 10.0. The summed E-state index contributed by atoms with van der Waals surface area (Å²) in [5.74, 6) is 0. The molecule has 88 valence electrons. The molecule has 1 saturated heterocycles. The van der Waals surface area contributed by atoms with Gasteiger partial charge in [0.15, 0.2) is 0 Å². The van der Waals surface area contributed by atoms with Crippen molar-refractivity contribution in [2.24, 2.45) is 5.73 Å². The van der Waals surface area contributed by atoms with E-state index >= 15 is 0 Å². The van der Waals surface area contributed by atoms with Crippen molar-refractivity contribution in [3.63, 3.8) is 0 Å². The van der Waals surface area contributed by atoms with Crippen molar-refractivity contribution in [2.75, 3.05) is 13.1 Å². The molecule has 0 spiro atoms. The van der Waals surface area contributed by atoms with Crippen molar-refractivity contribution in [3.05, 3.63) is 35.9 Å². The van der Waals surface area contributed by atoms with E-state index in [-0.39, 0.29) is 0 Å². The second-order valence-corrected chi connectivity index (χ2v) is 4.73. The Bertz CT molecular complexity index is 310. The second-order valence-electron chi connectivity index (χ2n) is 4.73. The van der Waals surface area contributed by atoms with Crippen LogP contribution >= 0.6 is 0 Å². The van der Waals surface area contributed by atoms with Crippen molar-refractivity contribution in [1.82, 2.24) is 4.90 Å². The molecule has 2 N–H and O–H groups in total. The van der Waals surface area contributed by atoms with Crippen LogP contribution in [0.25, 0.3) is 0 Å². The highest BCUT2D eigenvalue weighted by Gasteiger charge is 2.28. The predicted molar refractivity (Wildman–Crippen MR) is 68.3 cm³/mol. The standard InChI is InChI=1S/C14H22N2/c1-12(9-10-15)16-11-5-8-14(16)13-6-3-2-4-7-13/h2-4,6-7,12,14H,5,8-11,15H2,1H3. The zero-order chi connectivity index (χ0) is 11.4. The molecule has 2 unspecified atom stereocenters. The van der Waals surface area contributed by atoms with Crippen LogP contribution in [0.1, 0.15) is 37.8 Å². The highest BCUT2D eigenvalue weighted by atomic mass is 15.2. The van der Waals surface area contributed by atoms with E-state index in [4.69, 9.17) is 5.73 Å². The topological polar surface area (TPSA) is 29.3 Å². The van der Waals surface area contributed by atoms with Crippen molar-refractivity contribution >= 4 is 0 Å². The van der Waals surface area contributed by atoms with Gasteiger partial charge in [-0.3, -0.25) is 4.90 Å². The van der Waals surface area contributed by atoms with Crippen molar-refractivity contribution in [1.29, 1.82) is 0 Å². The van der Waals surface area contributed by atoms with Crippen LogP contribution in [0.3, 0.4) is 0 Å². The van der Waals surface area contributed by atoms with E-state index in [0.29, 0.717) is 12.1 Å². The monoisotopic (exact) mass is 218 g/mol. The van der Waals surface area contributed by atoms with Gasteiger partial charge < -0.3 is 5.73 Å². The summed E-state index contributed by atoms with van der Waals surface area (Å²) >= 11 is 0. The summed E-state index contributed by atoms with van der Waals surface area (Å²) in [4.78, 5) is 2.61.